The molecule has 0 radical (unpaired) electrons. The number of halogens is 2. The Morgan fingerprint density at radius 2 is 2.04 bits per heavy atom. The number of thiophene rings is 1. The third kappa shape index (κ3) is 3.52. The van der Waals surface area contributed by atoms with Crippen molar-refractivity contribution in [1.82, 2.24) is 0 Å². The van der Waals surface area contributed by atoms with Gasteiger partial charge in [-0.2, -0.15) is 0 Å². The summed E-state index contributed by atoms with van der Waals surface area (Å²) in [5.41, 5.74) is 2.38. The number of aryl methyl sites for hydroxylation is 1. The van der Waals surface area contributed by atoms with E-state index in [4.69, 9.17) is 40.2 Å². The van der Waals surface area contributed by atoms with Gasteiger partial charge >= 0.3 is 5.97 Å². The summed E-state index contributed by atoms with van der Waals surface area (Å²) in [6, 6.07) is 5.15. The fraction of sp³-hybridized carbons (Fsp3) is 0.250. The normalized spacial score (nSPS) is 12.6. The van der Waals surface area contributed by atoms with Crippen LogP contribution < -0.4 is 10.6 Å². The monoisotopic (exact) mass is 400 g/mol. The third-order valence-corrected chi connectivity index (χ3v) is 5.87. The van der Waals surface area contributed by atoms with Gasteiger partial charge in [0.2, 0.25) is 0 Å². The second kappa shape index (κ2) is 7.27. The highest BCUT2D eigenvalue weighted by atomic mass is 35.5. The molecule has 1 aliphatic carbocycles. The first-order valence-electron chi connectivity index (χ1n) is 7.25. The highest BCUT2D eigenvalue weighted by Gasteiger charge is 2.27. The molecule has 0 spiro atoms. The summed E-state index contributed by atoms with van der Waals surface area (Å²) in [7, 11) is 1.39. The molecule has 0 fully saturated rings. The Kier molecular flexibility index (Phi) is 5.30. The Hall–Kier alpha value is -1.34. The summed E-state index contributed by atoms with van der Waals surface area (Å²) in [6.45, 7) is 0. The number of hydrogen-bond acceptors (Lipinski definition) is 4. The van der Waals surface area contributed by atoms with E-state index in [1.54, 1.807) is 29.5 Å². The van der Waals surface area contributed by atoms with Crippen LogP contribution in [-0.2, 0) is 17.6 Å². The summed E-state index contributed by atoms with van der Waals surface area (Å²) in [5, 5.41) is 8.14. The van der Waals surface area contributed by atoms with Gasteiger partial charge in [0.1, 0.15) is 5.00 Å². The van der Waals surface area contributed by atoms with Gasteiger partial charge < -0.3 is 15.4 Å². The van der Waals surface area contributed by atoms with Crippen molar-refractivity contribution in [2.24, 2.45) is 0 Å². The molecule has 0 amide bonds. The van der Waals surface area contributed by atoms with Crippen molar-refractivity contribution < 1.29 is 9.53 Å². The lowest BCUT2D eigenvalue weighted by Crippen LogP contribution is -2.20. The number of benzene rings is 1. The summed E-state index contributed by atoms with van der Waals surface area (Å²) in [5.74, 6) is -0.339. The van der Waals surface area contributed by atoms with Gasteiger partial charge in [0.25, 0.3) is 0 Å². The number of fused-ring (bicyclic) bond motifs is 1. The highest BCUT2D eigenvalue weighted by molar-refractivity contribution is 7.80. The predicted octanol–water partition coefficient (Wildman–Crippen LogP) is 5.14. The number of hydrogen-bond donors (Lipinski definition) is 2. The van der Waals surface area contributed by atoms with Crippen molar-refractivity contribution in [2.75, 3.05) is 17.7 Å². The first-order valence-corrected chi connectivity index (χ1v) is 9.23. The molecule has 1 aromatic heterocycles. The fourth-order valence-electron chi connectivity index (χ4n) is 2.65. The summed E-state index contributed by atoms with van der Waals surface area (Å²) >= 11 is 18.8. The molecule has 1 aromatic carbocycles. The van der Waals surface area contributed by atoms with E-state index in [1.807, 2.05) is 0 Å². The molecule has 0 unspecified atom stereocenters. The quantitative estimate of drug-likeness (QED) is 0.551. The zero-order valence-electron chi connectivity index (χ0n) is 12.7. The Morgan fingerprint density at radius 1 is 1.25 bits per heavy atom. The number of ether oxygens (including phenoxy) is 1. The van der Waals surface area contributed by atoms with Crippen molar-refractivity contribution in [3.8, 4) is 0 Å². The van der Waals surface area contributed by atoms with Gasteiger partial charge in [-0.05, 0) is 55.2 Å². The van der Waals surface area contributed by atoms with Crippen molar-refractivity contribution >= 4 is 68.5 Å². The van der Waals surface area contributed by atoms with Crippen LogP contribution in [0, 0.1) is 0 Å². The number of rotatable bonds is 3. The van der Waals surface area contributed by atoms with Gasteiger partial charge in [0.05, 0.1) is 22.7 Å². The minimum atomic E-state index is -0.339. The van der Waals surface area contributed by atoms with Crippen LogP contribution in [0.25, 0.3) is 0 Å². The molecule has 126 valence electrons. The maximum atomic E-state index is 12.1. The number of anilines is 2. The van der Waals surface area contributed by atoms with E-state index in [-0.39, 0.29) is 5.97 Å². The van der Waals surface area contributed by atoms with Gasteiger partial charge in [0, 0.05) is 10.6 Å². The van der Waals surface area contributed by atoms with Crippen LogP contribution in [0.5, 0.6) is 0 Å². The average molecular weight is 401 g/mol. The molecule has 0 atom stereocenters. The summed E-state index contributed by atoms with van der Waals surface area (Å²) in [6.07, 6.45) is 2.95. The fourth-order valence-corrected chi connectivity index (χ4v) is 4.51. The van der Waals surface area contributed by atoms with E-state index in [9.17, 15) is 4.79 Å². The Bertz CT molecular complexity index is 821. The van der Waals surface area contributed by atoms with Gasteiger partial charge in [-0.1, -0.05) is 23.2 Å². The van der Waals surface area contributed by atoms with E-state index < -0.39 is 0 Å². The average Bonchev–Trinajstić information content (AvgIpc) is 3.10. The van der Waals surface area contributed by atoms with E-state index >= 15 is 0 Å². The molecule has 0 aliphatic heterocycles. The Balaban J connectivity index is 1.79. The molecule has 2 aromatic rings. The molecular weight excluding hydrogens is 387 g/mol. The molecule has 1 aliphatic rings. The Morgan fingerprint density at radius 3 is 2.75 bits per heavy atom. The van der Waals surface area contributed by atoms with E-state index in [0.717, 1.165) is 24.8 Å². The second-order valence-electron chi connectivity index (χ2n) is 5.26. The number of carbonyl (C=O) groups excluding carboxylic acids is 1. The van der Waals surface area contributed by atoms with Gasteiger partial charge in [-0.3, -0.25) is 0 Å². The topological polar surface area (TPSA) is 50.4 Å². The van der Waals surface area contributed by atoms with Crippen molar-refractivity contribution in [2.45, 2.75) is 19.3 Å². The van der Waals surface area contributed by atoms with Crippen LogP contribution in [0.15, 0.2) is 18.2 Å². The van der Waals surface area contributed by atoms with Crippen LogP contribution in [0.3, 0.4) is 0 Å². The summed E-state index contributed by atoms with van der Waals surface area (Å²) in [4.78, 5) is 13.3. The highest BCUT2D eigenvalue weighted by Crippen LogP contribution is 2.39. The zero-order chi connectivity index (χ0) is 17.3. The molecule has 2 N–H and O–H groups in total. The van der Waals surface area contributed by atoms with Crippen molar-refractivity contribution in [1.29, 1.82) is 0 Å². The minimum Gasteiger partial charge on any atom is -0.465 e. The van der Waals surface area contributed by atoms with E-state index in [0.29, 0.717) is 31.4 Å². The molecule has 0 saturated carbocycles. The number of nitrogens with one attached hydrogen (secondary N) is 2. The second-order valence-corrected chi connectivity index (χ2v) is 7.59. The standard InChI is InChI=1S/C16H14Cl2N2O2S2/c1-22-15(21)13-9-3-2-4-12(9)24-14(13)20-16(23)19-8-5-6-10(17)11(18)7-8/h5-7H,2-4H2,1H3,(H2,19,20,23). The summed E-state index contributed by atoms with van der Waals surface area (Å²) < 4.78 is 4.92. The Labute approximate surface area is 159 Å². The smallest absolute Gasteiger partial charge is 0.341 e. The molecule has 4 nitrogen and oxygen atoms in total. The molecule has 24 heavy (non-hydrogen) atoms. The minimum absolute atomic E-state index is 0.339. The molecular formula is C16H14Cl2N2O2S2. The van der Waals surface area contributed by atoms with Crippen LogP contribution in [0.1, 0.15) is 27.2 Å². The maximum Gasteiger partial charge on any atom is 0.341 e. The van der Waals surface area contributed by atoms with E-state index in [1.165, 1.54) is 12.0 Å². The van der Waals surface area contributed by atoms with Crippen LogP contribution in [-0.4, -0.2) is 18.2 Å². The number of carbonyl (C=O) groups is 1. The lowest BCUT2D eigenvalue weighted by Gasteiger charge is -2.11. The zero-order valence-corrected chi connectivity index (χ0v) is 15.9. The number of thiocarbonyl (C=S) groups is 1. The third-order valence-electron chi connectivity index (χ3n) is 3.72. The largest absolute Gasteiger partial charge is 0.465 e. The van der Waals surface area contributed by atoms with Crippen molar-refractivity contribution in [3.05, 3.63) is 44.2 Å². The van der Waals surface area contributed by atoms with Gasteiger partial charge in [-0.15, -0.1) is 11.3 Å². The number of methoxy groups -OCH3 is 1. The first kappa shape index (κ1) is 17.5. The molecule has 1 heterocycles. The van der Waals surface area contributed by atoms with Crippen LogP contribution in [0.4, 0.5) is 10.7 Å². The first-order chi connectivity index (χ1) is 11.5. The van der Waals surface area contributed by atoms with Gasteiger partial charge in [-0.25, -0.2) is 4.79 Å². The van der Waals surface area contributed by atoms with Crippen LogP contribution in [0.2, 0.25) is 10.0 Å². The number of esters is 1. The SMILES string of the molecule is COC(=O)c1c(NC(=S)Nc2ccc(Cl)c(Cl)c2)sc2c1CCC2. The lowest BCUT2D eigenvalue weighted by molar-refractivity contribution is 0.0601. The molecule has 0 bridgehead atoms. The van der Waals surface area contributed by atoms with Crippen LogP contribution >= 0.6 is 46.8 Å². The molecule has 8 heteroatoms. The molecule has 3 rings (SSSR count). The predicted molar refractivity (Wildman–Crippen MR) is 104 cm³/mol. The lowest BCUT2D eigenvalue weighted by atomic mass is 10.1. The van der Waals surface area contributed by atoms with E-state index in [2.05, 4.69) is 10.6 Å². The maximum absolute atomic E-state index is 12.1. The van der Waals surface area contributed by atoms with Gasteiger partial charge in [0.15, 0.2) is 5.11 Å². The van der Waals surface area contributed by atoms with Crippen molar-refractivity contribution in [3.63, 3.8) is 0 Å². The molecule has 0 saturated heterocycles.